The van der Waals surface area contributed by atoms with Crippen molar-refractivity contribution in [3.05, 3.63) is 0 Å². The summed E-state index contributed by atoms with van der Waals surface area (Å²) in [6.45, 7) is 2.63. The zero-order valence-electron chi connectivity index (χ0n) is 4.89. The normalized spacial score (nSPS) is 37.6. The summed E-state index contributed by atoms with van der Waals surface area (Å²) in [5, 5.41) is 0. The van der Waals surface area contributed by atoms with Gasteiger partial charge in [-0.2, -0.15) is 0 Å². The first-order valence-electron chi connectivity index (χ1n) is 2.84. The van der Waals surface area contributed by atoms with Crippen molar-refractivity contribution in [2.45, 2.75) is 19.4 Å². The summed E-state index contributed by atoms with van der Waals surface area (Å²) in [7, 11) is 0. The molecule has 0 aromatic rings. The Morgan fingerprint density at radius 3 is 2.75 bits per heavy atom. The molecule has 1 saturated heterocycles. The Morgan fingerprint density at radius 2 is 2.50 bits per heavy atom. The van der Waals surface area contributed by atoms with Crippen LogP contribution in [-0.2, 0) is 9.53 Å². The number of hydrogen-bond acceptors (Lipinski definition) is 2. The van der Waals surface area contributed by atoms with E-state index >= 15 is 0 Å². The van der Waals surface area contributed by atoms with Crippen LogP contribution in [0.4, 0.5) is 0 Å². The van der Waals surface area contributed by atoms with Gasteiger partial charge < -0.3 is 4.74 Å². The predicted octanol–water partition coefficient (Wildman–Crippen LogP) is 0.521. The highest BCUT2D eigenvalue weighted by Gasteiger charge is 2.23. The zero-order valence-corrected chi connectivity index (χ0v) is 4.89. The van der Waals surface area contributed by atoms with Crippen LogP contribution < -0.4 is 0 Å². The lowest BCUT2D eigenvalue weighted by molar-refractivity contribution is 0.116. The Kier molecular flexibility index (Phi) is 1.63. The molecule has 0 spiro atoms. The molecule has 1 aliphatic rings. The highest BCUT2D eigenvalue weighted by atomic mass is 16.5. The lowest BCUT2D eigenvalue weighted by atomic mass is 10.1. The third-order valence-corrected chi connectivity index (χ3v) is 1.53. The summed E-state index contributed by atoms with van der Waals surface area (Å²) in [6.07, 6.45) is 2.89. The van der Waals surface area contributed by atoms with E-state index < -0.39 is 0 Å². The molecule has 0 aliphatic carbocycles. The minimum atomic E-state index is 0.0370. The molecule has 0 amide bonds. The van der Waals surface area contributed by atoms with Crippen molar-refractivity contribution in [3.63, 3.8) is 0 Å². The Morgan fingerprint density at radius 1 is 1.75 bits per heavy atom. The summed E-state index contributed by atoms with van der Waals surface area (Å²) < 4.78 is 5.09. The summed E-state index contributed by atoms with van der Waals surface area (Å²) in [6, 6.07) is 0. The van der Waals surface area contributed by atoms with Crippen molar-refractivity contribution in [3.8, 4) is 0 Å². The molecule has 2 atom stereocenters. The molecule has 1 aliphatic heterocycles. The highest BCUT2D eigenvalue weighted by molar-refractivity contribution is 5.55. The fraction of sp³-hybridized carbons (Fsp3) is 0.833. The van der Waals surface area contributed by atoms with Gasteiger partial charge in [0.25, 0.3) is 0 Å². The minimum Gasteiger partial charge on any atom is -0.378 e. The second-order valence-corrected chi connectivity index (χ2v) is 2.09. The number of rotatable bonds is 1. The smallest absolute Gasteiger partial charge is 0.204 e. The molecule has 0 aromatic carbocycles. The zero-order chi connectivity index (χ0) is 5.98. The average molecular weight is 113 g/mol. The predicted molar refractivity (Wildman–Crippen MR) is 29.2 cm³/mol. The molecule has 0 bridgehead atoms. The Bertz CT molecular complexity index is 90.5. The first-order chi connectivity index (χ1) is 3.84. The van der Waals surface area contributed by atoms with Gasteiger partial charge in [0.1, 0.15) is 0 Å². The van der Waals surface area contributed by atoms with Crippen molar-refractivity contribution in [1.29, 1.82) is 0 Å². The standard InChI is InChI=1S/C6H9O2/c1-5-6(4-7)2-3-8-5/h5-6H,2-3H2,1H3. The van der Waals surface area contributed by atoms with E-state index in [9.17, 15) is 4.79 Å². The topological polar surface area (TPSA) is 26.3 Å². The van der Waals surface area contributed by atoms with Crippen molar-refractivity contribution in [2.24, 2.45) is 5.92 Å². The van der Waals surface area contributed by atoms with Gasteiger partial charge in [-0.15, -0.1) is 0 Å². The van der Waals surface area contributed by atoms with Gasteiger partial charge in [0.05, 0.1) is 12.0 Å². The summed E-state index contributed by atoms with van der Waals surface area (Å²) >= 11 is 0. The van der Waals surface area contributed by atoms with Gasteiger partial charge in [-0.25, -0.2) is 0 Å². The van der Waals surface area contributed by atoms with Gasteiger partial charge in [-0.1, -0.05) is 0 Å². The van der Waals surface area contributed by atoms with Crippen molar-refractivity contribution < 1.29 is 9.53 Å². The van der Waals surface area contributed by atoms with Crippen LogP contribution >= 0.6 is 0 Å². The first kappa shape index (κ1) is 5.76. The van der Waals surface area contributed by atoms with Gasteiger partial charge in [-0.05, 0) is 13.3 Å². The Labute approximate surface area is 48.8 Å². The average Bonchev–Trinajstić information content (AvgIpc) is 2.14. The van der Waals surface area contributed by atoms with E-state index in [2.05, 4.69) is 0 Å². The molecule has 2 unspecified atom stereocenters. The number of ether oxygens (including phenoxy) is 1. The number of carbonyl (C=O) groups excluding carboxylic acids is 1. The van der Waals surface area contributed by atoms with Crippen molar-refractivity contribution in [1.82, 2.24) is 0 Å². The van der Waals surface area contributed by atoms with Crippen molar-refractivity contribution >= 4 is 6.29 Å². The fourth-order valence-electron chi connectivity index (χ4n) is 0.887. The second kappa shape index (κ2) is 2.27. The van der Waals surface area contributed by atoms with E-state index in [0.29, 0.717) is 0 Å². The van der Waals surface area contributed by atoms with E-state index in [1.807, 2.05) is 13.2 Å². The summed E-state index contributed by atoms with van der Waals surface area (Å²) in [5.41, 5.74) is 0. The van der Waals surface area contributed by atoms with Gasteiger partial charge >= 0.3 is 0 Å². The lowest BCUT2D eigenvalue weighted by Gasteiger charge is -2.02. The molecule has 2 heteroatoms. The third-order valence-electron chi connectivity index (χ3n) is 1.53. The van der Waals surface area contributed by atoms with Gasteiger partial charge in [0.15, 0.2) is 0 Å². The van der Waals surface area contributed by atoms with Crippen LogP contribution in [0.15, 0.2) is 0 Å². The Hall–Kier alpha value is -0.370. The highest BCUT2D eigenvalue weighted by Crippen LogP contribution is 2.17. The SMILES string of the molecule is CC1OCCC1[C]=O. The maximum atomic E-state index is 10.0. The van der Waals surface area contributed by atoms with E-state index in [-0.39, 0.29) is 12.0 Å². The first-order valence-corrected chi connectivity index (χ1v) is 2.84. The quantitative estimate of drug-likeness (QED) is 0.495. The maximum absolute atomic E-state index is 10.0. The van der Waals surface area contributed by atoms with Crippen LogP contribution in [0.5, 0.6) is 0 Å². The van der Waals surface area contributed by atoms with Gasteiger partial charge in [0, 0.05) is 6.61 Å². The maximum Gasteiger partial charge on any atom is 0.204 e. The molecular formula is C6H9O2. The molecule has 45 valence electrons. The molecule has 1 rings (SSSR count). The lowest BCUT2D eigenvalue weighted by Crippen LogP contribution is -2.11. The van der Waals surface area contributed by atoms with Crippen LogP contribution in [0.2, 0.25) is 0 Å². The third kappa shape index (κ3) is 0.892. The molecule has 0 aromatic heterocycles. The van der Waals surface area contributed by atoms with E-state index in [0.717, 1.165) is 13.0 Å². The second-order valence-electron chi connectivity index (χ2n) is 2.09. The molecule has 2 nitrogen and oxygen atoms in total. The molecule has 8 heavy (non-hydrogen) atoms. The van der Waals surface area contributed by atoms with Crippen molar-refractivity contribution in [2.75, 3.05) is 6.61 Å². The van der Waals surface area contributed by atoms with E-state index in [1.54, 1.807) is 0 Å². The molecule has 0 N–H and O–H groups in total. The molecule has 1 radical (unpaired) electrons. The van der Waals surface area contributed by atoms with E-state index in [1.165, 1.54) is 0 Å². The van der Waals surface area contributed by atoms with Crippen LogP contribution in [0.1, 0.15) is 13.3 Å². The minimum absolute atomic E-state index is 0.0370. The largest absolute Gasteiger partial charge is 0.378 e. The van der Waals surface area contributed by atoms with Gasteiger partial charge in [-0.3, -0.25) is 4.79 Å². The van der Waals surface area contributed by atoms with Crippen LogP contribution in [0.25, 0.3) is 0 Å². The molecule has 1 heterocycles. The summed E-state index contributed by atoms with van der Waals surface area (Å²) in [5.74, 6) is 0.0370. The molecule has 1 fully saturated rings. The van der Waals surface area contributed by atoms with Crippen LogP contribution in [0, 0.1) is 5.92 Å². The monoisotopic (exact) mass is 113 g/mol. The summed E-state index contributed by atoms with van der Waals surface area (Å²) in [4.78, 5) is 10.0. The van der Waals surface area contributed by atoms with E-state index in [4.69, 9.17) is 4.74 Å². The van der Waals surface area contributed by atoms with Gasteiger partial charge in [0.2, 0.25) is 6.29 Å². The van der Waals surface area contributed by atoms with Crippen LogP contribution in [-0.4, -0.2) is 19.0 Å². The fourth-order valence-corrected chi connectivity index (χ4v) is 0.887. The Balaban J connectivity index is 2.41. The molecule has 0 saturated carbocycles. The number of hydrogen-bond donors (Lipinski definition) is 0. The molecular weight excluding hydrogens is 104 g/mol. The van der Waals surface area contributed by atoms with Crippen LogP contribution in [0.3, 0.4) is 0 Å².